The van der Waals surface area contributed by atoms with E-state index in [1.54, 1.807) is 0 Å². The fraction of sp³-hybridized carbons (Fsp3) is 0.0462. The monoisotopic (exact) mass is 838 g/mol. The molecule has 0 aliphatic heterocycles. The van der Waals surface area contributed by atoms with Gasteiger partial charge in [0.25, 0.3) is 0 Å². The molecule has 66 heavy (non-hydrogen) atoms. The Morgan fingerprint density at radius 3 is 1.42 bits per heavy atom. The van der Waals surface area contributed by atoms with Crippen LogP contribution >= 0.6 is 0 Å². The Morgan fingerprint density at radius 1 is 0.273 bits per heavy atom. The molecule has 12 aromatic carbocycles. The molecule has 0 N–H and O–H groups in total. The van der Waals surface area contributed by atoms with Crippen LogP contribution in [0, 0.1) is 0 Å². The lowest BCUT2D eigenvalue weighted by Crippen LogP contribution is -2.14. The Morgan fingerprint density at radius 2 is 0.742 bits per heavy atom. The van der Waals surface area contributed by atoms with Gasteiger partial charge in [-0.05, 0) is 157 Å². The molecule has 0 unspecified atom stereocenters. The molecule has 308 valence electrons. The van der Waals surface area contributed by atoms with Gasteiger partial charge in [0.1, 0.15) is 11.2 Å². The van der Waals surface area contributed by atoms with Crippen molar-refractivity contribution in [2.75, 3.05) is 0 Å². The third-order valence-corrected chi connectivity index (χ3v) is 14.8. The van der Waals surface area contributed by atoms with Gasteiger partial charge in [-0.3, -0.25) is 0 Å². The van der Waals surface area contributed by atoms with Crippen molar-refractivity contribution in [3.8, 4) is 55.6 Å². The van der Waals surface area contributed by atoms with E-state index in [0.717, 1.165) is 21.9 Å². The van der Waals surface area contributed by atoms with E-state index in [-0.39, 0.29) is 5.41 Å². The summed E-state index contributed by atoms with van der Waals surface area (Å²) in [5, 5.41) is 14.9. The predicted molar refractivity (Wildman–Crippen MR) is 281 cm³/mol. The van der Waals surface area contributed by atoms with Gasteiger partial charge in [0, 0.05) is 16.2 Å². The lowest BCUT2D eigenvalue weighted by atomic mass is 9.82. The van der Waals surface area contributed by atoms with Crippen LogP contribution in [0.25, 0.3) is 131 Å². The average Bonchev–Trinajstić information content (AvgIpc) is 3.85. The minimum atomic E-state index is -0.0698. The first-order valence-corrected chi connectivity index (χ1v) is 23.1. The fourth-order valence-electron chi connectivity index (χ4n) is 11.7. The summed E-state index contributed by atoms with van der Waals surface area (Å²) < 4.78 is 6.57. The third-order valence-electron chi connectivity index (χ3n) is 14.8. The second kappa shape index (κ2) is 13.9. The first-order chi connectivity index (χ1) is 32.5. The highest BCUT2D eigenvalue weighted by Crippen LogP contribution is 2.53. The van der Waals surface area contributed by atoms with Crippen molar-refractivity contribution in [3.63, 3.8) is 0 Å². The molecule has 0 atom stereocenters. The fourth-order valence-corrected chi connectivity index (χ4v) is 11.7. The standard InChI is InChI=1S/C65H42O/c1-65(2)58-31-28-42(36-57(58)64-47-16-6-3-13-39(47)27-32-59(64)65)43-29-33-60-55(35-43)56-38-45(30-34-61(56)66-60)63-52-21-11-9-19-50(52)62(51-20-10-12-22-53(51)63)41-25-23-40(24-26-41)54-37-44-14-4-5-15-46(44)48-17-7-8-18-49(48)54/h3-38H,1-2H3. The van der Waals surface area contributed by atoms with Crippen LogP contribution in [0.2, 0.25) is 0 Å². The van der Waals surface area contributed by atoms with Gasteiger partial charge < -0.3 is 4.42 Å². The van der Waals surface area contributed by atoms with Gasteiger partial charge in [-0.25, -0.2) is 0 Å². The number of furan rings is 1. The zero-order valence-electron chi connectivity index (χ0n) is 36.7. The Bertz CT molecular complexity index is 4120. The Hall–Kier alpha value is -8.26. The molecule has 0 saturated heterocycles. The van der Waals surface area contributed by atoms with Crippen LogP contribution in [0.5, 0.6) is 0 Å². The zero-order valence-corrected chi connectivity index (χ0v) is 36.7. The molecule has 1 aliphatic carbocycles. The Kier molecular flexibility index (Phi) is 7.81. The maximum absolute atomic E-state index is 6.57. The topological polar surface area (TPSA) is 13.1 Å². The molecule has 0 spiro atoms. The molecular weight excluding hydrogens is 797 g/mol. The van der Waals surface area contributed by atoms with Crippen LogP contribution in [0.4, 0.5) is 0 Å². The summed E-state index contributed by atoms with van der Waals surface area (Å²) >= 11 is 0. The first-order valence-electron chi connectivity index (χ1n) is 23.1. The number of fused-ring (bicyclic) bond motifs is 13. The molecule has 1 aromatic heterocycles. The van der Waals surface area contributed by atoms with Crippen LogP contribution in [-0.4, -0.2) is 0 Å². The van der Waals surface area contributed by atoms with Crippen molar-refractivity contribution < 1.29 is 4.42 Å². The van der Waals surface area contributed by atoms with Crippen LogP contribution in [-0.2, 0) is 5.41 Å². The van der Waals surface area contributed by atoms with Gasteiger partial charge in [-0.15, -0.1) is 0 Å². The number of rotatable bonds is 4. The quantitative estimate of drug-likeness (QED) is 0.127. The summed E-state index contributed by atoms with van der Waals surface area (Å²) in [4.78, 5) is 0. The molecule has 0 radical (unpaired) electrons. The Labute approximate surface area is 382 Å². The summed E-state index contributed by atoms with van der Waals surface area (Å²) in [6.45, 7) is 4.72. The molecule has 1 nitrogen and oxygen atoms in total. The molecule has 0 amide bonds. The van der Waals surface area contributed by atoms with E-state index in [2.05, 4.69) is 232 Å². The molecule has 1 heterocycles. The van der Waals surface area contributed by atoms with Crippen molar-refractivity contribution in [1.82, 2.24) is 0 Å². The third kappa shape index (κ3) is 5.35. The van der Waals surface area contributed by atoms with Gasteiger partial charge in [0.05, 0.1) is 0 Å². The summed E-state index contributed by atoms with van der Waals surface area (Å²) in [6.07, 6.45) is 0. The maximum Gasteiger partial charge on any atom is 0.135 e. The van der Waals surface area contributed by atoms with E-state index in [0.29, 0.717) is 0 Å². The van der Waals surface area contributed by atoms with Crippen molar-refractivity contribution in [3.05, 3.63) is 230 Å². The van der Waals surface area contributed by atoms with Crippen LogP contribution in [0.15, 0.2) is 223 Å². The van der Waals surface area contributed by atoms with E-state index >= 15 is 0 Å². The van der Waals surface area contributed by atoms with Crippen LogP contribution in [0.1, 0.15) is 25.0 Å². The molecule has 13 aromatic rings. The SMILES string of the molecule is CC1(C)c2ccc(-c3ccc4oc5ccc(-c6c7ccccc7c(-c7ccc(-c8cc9ccccc9c9ccccc89)cc7)c7ccccc67)cc5c4c3)cc2-c2c1ccc1ccccc21. The normalized spacial score (nSPS) is 13.1. The predicted octanol–water partition coefficient (Wildman–Crippen LogP) is 18.3. The largest absolute Gasteiger partial charge is 0.456 e. The summed E-state index contributed by atoms with van der Waals surface area (Å²) in [5.41, 5.74) is 17.0. The van der Waals surface area contributed by atoms with Crippen molar-refractivity contribution in [2.24, 2.45) is 0 Å². The minimum Gasteiger partial charge on any atom is -0.456 e. The van der Waals surface area contributed by atoms with E-state index in [1.807, 2.05) is 0 Å². The number of hydrogen-bond acceptors (Lipinski definition) is 1. The van der Waals surface area contributed by atoms with Crippen LogP contribution in [0.3, 0.4) is 0 Å². The van der Waals surface area contributed by atoms with Gasteiger partial charge in [-0.1, -0.05) is 196 Å². The Balaban J connectivity index is 0.901. The minimum absolute atomic E-state index is 0.0698. The van der Waals surface area contributed by atoms with Gasteiger partial charge in [0.15, 0.2) is 0 Å². The highest BCUT2D eigenvalue weighted by Gasteiger charge is 2.36. The second-order valence-corrected chi connectivity index (χ2v) is 18.7. The van der Waals surface area contributed by atoms with Crippen molar-refractivity contribution >= 4 is 75.8 Å². The van der Waals surface area contributed by atoms with Gasteiger partial charge in [0.2, 0.25) is 0 Å². The zero-order chi connectivity index (χ0) is 43.7. The highest BCUT2D eigenvalue weighted by molar-refractivity contribution is 6.22. The van der Waals surface area contributed by atoms with E-state index in [9.17, 15) is 0 Å². The number of hydrogen-bond donors (Lipinski definition) is 0. The van der Waals surface area contributed by atoms with Crippen LogP contribution < -0.4 is 0 Å². The van der Waals surface area contributed by atoms with Crippen molar-refractivity contribution in [1.29, 1.82) is 0 Å². The summed E-state index contributed by atoms with van der Waals surface area (Å²) in [5.74, 6) is 0. The van der Waals surface area contributed by atoms with E-state index < -0.39 is 0 Å². The number of benzene rings is 12. The van der Waals surface area contributed by atoms with Gasteiger partial charge in [-0.2, -0.15) is 0 Å². The second-order valence-electron chi connectivity index (χ2n) is 18.7. The smallest absolute Gasteiger partial charge is 0.135 e. The van der Waals surface area contributed by atoms with E-state index in [1.165, 1.54) is 121 Å². The average molecular weight is 839 g/mol. The molecule has 0 saturated carbocycles. The molecule has 0 bridgehead atoms. The summed E-state index contributed by atoms with van der Waals surface area (Å²) in [6, 6.07) is 80.9. The lowest BCUT2D eigenvalue weighted by molar-refractivity contribution is 0.661. The van der Waals surface area contributed by atoms with Gasteiger partial charge >= 0.3 is 0 Å². The lowest BCUT2D eigenvalue weighted by Gasteiger charge is -2.21. The van der Waals surface area contributed by atoms with E-state index in [4.69, 9.17) is 4.42 Å². The highest BCUT2D eigenvalue weighted by atomic mass is 16.3. The molecule has 0 fully saturated rings. The molecule has 14 rings (SSSR count). The maximum atomic E-state index is 6.57. The molecule has 1 aliphatic rings. The van der Waals surface area contributed by atoms with Crippen molar-refractivity contribution in [2.45, 2.75) is 19.3 Å². The molecular formula is C65H42O. The summed E-state index contributed by atoms with van der Waals surface area (Å²) in [7, 11) is 0. The first kappa shape index (κ1) is 37.1. The molecule has 1 heteroatoms.